The number of carbonyl (C=O) groups excluding carboxylic acids is 3. The van der Waals surface area contributed by atoms with Gasteiger partial charge in [0.1, 0.15) is 17.6 Å². The fourth-order valence-corrected chi connectivity index (χ4v) is 3.57. The van der Waals surface area contributed by atoms with E-state index in [1.165, 1.54) is 20.1 Å². The molecule has 1 aliphatic heterocycles. The second-order valence-corrected chi connectivity index (χ2v) is 7.37. The third kappa shape index (κ3) is 3.61. The van der Waals surface area contributed by atoms with Gasteiger partial charge in [0.25, 0.3) is 11.1 Å². The van der Waals surface area contributed by atoms with Crippen molar-refractivity contribution in [1.29, 1.82) is 0 Å². The second-order valence-electron chi connectivity index (χ2n) is 5.46. The van der Waals surface area contributed by atoms with Crippen molar-refractivity contribution in [3.63, 3.8) is 0 Å². The van der Waals surface area contributed by atoms with Crippen molar-refractivity contribution in [3.05, 3.63) is 51.5 Å². The minimum Gasteiger partial charge on any atom is -0.467 e. The molecular formula is C18H14BrNO5S. The molecule has 0 saturated carbocycles. The van der Waals surface area contributed by atoms with Crippen LogP contribution in [0, 0.1) is 0 Å². The molecule has 3 rings (SSSR count). The summed E-state index contributed by atoms with van der Waals surface area (Å²) in [6.45, 7) is 1.45. The number of furan rings is 1. The number of halogens is 1. The molecule has 1 aromatic heterocycles. The van der Waals surface area contributed by atoms with E-state index in [0.717, 1.165) is 26.7 Å². The summed E-state index contributed by atoms with van der Waals surface area (Å²) in [6, 6.07) is 10.1. The maximum Gasteiger partial charge on any atom is 0.328 e. The van der Waals surface area contributed by atoms with Gasteiger partial charge in [0.2, 0.25) is 0 Å². The van der Waals surface area contributed by atoms with E-state index in [0.29, 0.717) is 11.5 Å². The average molecular weight is 436 g/mol. The number of esters is 1. The van der Waals surface area contributed by atoms with E-state index >= 15 is 0 Å². The van der Waals surface area contributed by atoms with Gasteiger partial charge in [-0.25, -0.2) is 4.79 Å². The third-order valence-electron chi connectivity index (χ3n) is 3.78. The number of methoxy groups -OCH3 is 1. The van der Waals surface area contributed by atoms with E-state index in [9.17, 15) is 14.4 Å². The summed E-state index contributed by atoms with van der Waals surface area (Å²) in [5.41, 5.74) is 0.889. The first kappa shape index (κ1) is 18.5. The van der Waals surface area contributed by atoms with E-state index in [2.05, 4.69) is 20.7 Å². The number of imide groups is 1. The van der Waals surface area contributed by atoms with E-state index < -0.39 is 23.2 Å². The van der Waals surface area contributed by atoms with Crippen LogP contribution in [0.15, 0.2) is 50.2 Å². The Morgan fingerprint density at radius 3 is 2.58 bits per heavy atom. The topological polar surface area (TPSA) is 76.8 Å². The van der Waals surface area contributed by atoms with Crippen molar-refractivity contribution >= 4 is 50.9 Å². The van der Waals surface area contributed by atoms with Crippen LogP contribution in [0.3, 0.4) is 0 Å². The van der Waals surface area contributed by atoms with Crippen LogP contribution < -0.4 is 0 Å². The van der Waals surface area contributed by atoms with Gasteiger partial charge in [-0.15, -0.1) is 0 Å². The number of rotatable bonds is 4. The molecule has 26 heavy (non-hydrogen) atoms. The Labute approximate surface area is 162 Å². The molecule has 0 spiro atoms. The molecule has 1 saturated heterocycles. The monoisotopic (exact) mass is 435 g/mol. The zero-order valence-electron chi connectivity index (χ0n) is 13.9. The zero-order chi connectivity index (χ0) is 18.8. The molecule has 1 aliphatic rings. The van der Waals surface area contributed by atoms with E-state index in [-0.39, 0.29) is 4.91 Å². The van der Waals surface area contributed by atoms with Gasteiger partial charge in [-0.1, -0.05) is 28.1 Å². The Morgan fingerprint density at radius 1 is 1.23 bits per heavy atom. The first-order chi connectivity index (χ1) is 12.4. The van der Waals surface area contributed by atoms with E-state index in [4.69, 9.17) is 4.42 Å². The predicted octanol–water partition coefficient (Wildman–Crippen LogP) is 4.31. The van der Waals surface area contributed by atoms with Crippen LogP contribution in [-0.4, -0.2) is 35.2 Å². The van der Waals surface area contributed by atoms with Crippen molar-refractivity contribution in [1.82, 2.24) is 4.90 Å². The maximum absolute atomic E-state index is 12.5. The molecule has 8 heteroatoms. The molecule has 2 amide bonds. The smallest absolute Gasteiger partial charge is 0.328 e. The quantitative estimate of drug-likeness (QED) is 0.525. The van der Waals surface area contributed by atoms with E-state index in [1.54, 1.807) is 12.1 Å². The van der Waals surface area contributed by atoms with Gasteiger partial charge in [0.05, 0.1) is 12.0 Å². The Balaban J connectivity index is 1.83. The number of hydrogen-bond acceptors (Lipinski definition) is 6. The average Bonchev–Trinajstić information content (AvgIpc) is 3.19. The highest BCUT2D eigenvalue weighted by Gasteiger charge is 2.41. The lowest BCUT2D eigenvalue weighted by atomic mass is 10.2. The summed E-state index contributed by atoms with van der Waals surface area (Å²) in [5, 5.41) is -0.515. The SMILES string of the molecule is COC(=O)[C@@H](C)N1C(=O)S/C(=C\c2ccc(-c3ccc(Br)cc3)o2)C1=O. The molecule has 2 aromatic rings. The molecule has 0 aliphatic carbocycles. The number of carbonyl (C=O) groups is 3. The standard InChI is InChI=1S/C18H14BrNO5S/c1-10(17(22)24-2)20-16(21)15(26-18(20)23)9-13-7-8-14(25-13)11-3-5-12(19)6-4-11/h3-10H,1-2H3/b15-9-/t10-/m1/s1. The Hall–Kier alpha value is -2.32. The normalized spacial score (nSPS) is 17.0. The summed E-state index contributed by atoms with van der Waals surface area (Å²) >= 11 is 4.14. The van der Waals surface area contributed by atoms with Crippen LogP contribution in [-0.2, 0) is 14.3 Å². The van der Waals surface area contributed by atoms with Gasteiger partial charge < -0.3 is 9.15 Å². The van der Waals surface area contributed by atoms with Gasteiger partial charge >= 0.3 is 5.97 Å². The number of nitrogens with zero attached hydrogens (tertiary/aromatic N) is 1. The molecule has 0 bridgehead atoms. The molecule has 0 radical (unpaired) electrons. The Morgan fingerprint density at radius 2 is 1.92 bits per heavy atom. The lowest BCUT2D eigenvalue weighted by Crippen LogP contribution is -2.42. The number of hydrogen-bond donors (Lipinski definition) is 0. The Kier molecular flexibility index (Phi) is 5.33. The highest BCUT2D eigenvalue weighted by Crippen LogP contribution is 2.34. The lowest BCUT2D eigenvalue weighted by molar-refractivity contribution is -0.148. The minimum atomic E-state index is -0.978. The summed E-state index contributed by atoms with van der Waals surface area (Å²) in [7, 11) is 1.21. The fraction of sp³-hybridized carbons (Fsp3) is 0.167. The molecule has 2 heterocycles. The fourth-order valence-electron chi connectivity index (χ4n) is 2.42. The summed E-state index contributed by atoms with van der Waals surface area (Å²) in [6.07, 6.45) is 1.50. The van der Waals surface area contributed by atoms with Crippen LogP contribution in [0.4, 0.5) is 4.79 Å². The highest BCUT2D eigenvalue weighted by molar-refractivity contribution is 9.10. The highest BCUT2D eigenvalue weighted by atomic mass is 79.9. The number of benzene rings is 1. The van der Waals surface area contributed by atoms with Crippen molar-refractivity contribution in [2.45, 2.75) is 13.0 Å². The van der Waals surface area contributed by atoms with Gasteiger partial charge in [0, 0.05) is 16.1 Å². The van der Waals surface area contributed by atoms with Crippen LogP contribution >= 0.6 is 27.7 Å². The van der Waals surface area contributed by atoms with Gasteiger partial charge in [0.15, 0.2) is 0 Å². The Bertz CT molecular complexity index is 903. The number of thioether (sulfide) groups is 1. The third-order valence-corrected chi connectivity index (χ3v) is 5.19. The largest absolute Gasteiger partial charge is 0.467 e. The van der Waals surface area contributed by atoms with Gasteiger partial charge in [-0.2, -0.15) is 0 Å². The van der Waals surface area contributed by atoms with Crippen LogP contribution in [0.25, 0.3) is 17.4 Å². The molecule has 0 unspecified atom stereocenters. The number of ether oxygens (including phenoxy) is 1. The second kappa shape index (κ2) is 7.51. The molecule has 1 fully saturated rings. The van der Waals surface area contributed by atoms with Gasteiger partial charge in [-0.05, 0) is 43.0 Å². The number of amides is 2. The predicted molar refractivity (Wildman–Crippen MR) is 101 cm³/mol. The van der Waals surface area contributed by atoms with Crippen LogP contribution in [0.5, 0.6) is 0 Å². The van der Waals surface area contributed by atoms with Crippen molar-refractivity contribution in [3.8, 4) is 11.3 Å². The van der Waals surface area contributed by atoms with Crippen LogP contribution in [0.2, 0.25) is 0 Å². The van der Waals surface area contributed by atoms with Crippen LogP contribution in [0.1, 0.15) is 12.7 Å². The minimum absolute atomic E-state index is 0.197. The zero-order valence-corrected chi connectivity index (χ0v) is 16.3. The molecular weight excluding hydrogens is 422 g/mol. The summed E-state index contributed by atoms with van der Waals surface area (Å²) in [4.78, 5) is 37.3. The molecule has 134 valence electrons. The first-order valence-electron chi connectivity index (χ1n) is 7.61. The summed E-state index contributed by atoms with van der Waals surface area (Å²) in [5.74, 6) is -0.103. The molecule has 1 aromatic carbocycles. The molecule has 1 atom stereocenters. The first-order valence-corrected chi connectivity index (χ1v) is 9.22. The summed E-state index contributed by atoms with van der Waals surface area (Å²) < 4.78 is 11.3. The maximum atomic E-state index is 12.5. The van der Waals surface area contributed by atoms with Gasteiger partial charge in [-0.3, -0.25) is 14.5 Å². The van der Waals surface area contributed by atoms with Crippen molar-refractivity contribution < 1.29 is 23.5 Å². The molecule has 6 nitrogen and oxygen atoms in total. The lowest BCUT2D eigenvalue weighted by Gasteiger charge is -2.18. The van der Waals surface area contributed by atoms with E-state index in [1.807, 2.05) is 24.3 Å². The van der Waals surface area contributed by atoms with Crippen molar-refractivity contribution in [2.75, 3.05) is 7.11 Å². The molecule has 0 N–H and O–H groups in total. The van der Waals surface area contributed by atoms with Crippen molar-refractivity contribution in [2.24, 2.45) is 0 Å².